The van der Waals surface area contributed by atoms with Gasteiger partial charge >= 0.3 is 0 Å². The number of carbonyl (C=O) groups excluding carboxylic acids is 2. The molecule has 2 heterocycles. The topological polar surface area (TPSA) is 65.6 Å². The third-order valence-corrected chi connectivity index (χ3v) is 3.91. The fourth-order valence-electron chi connectivity index (χ4n) is 2.59. The third-order valence-electron chi connectivity index (χ3n) is 3.91. The standard InChI is InChI=1S/C17H18FN3O3/c18-13-3-1-4-14(11-13)24-12-16(22)20-7-9-21(10-8-20)17(23)15-5-2-6-19-15/h1-6,11,19H,7-10,12H2. The number of aromatic amines is 1. The minimum atomic E-state index is -0.406. The van der Waals surface area contributed by atoms with Crippen LogP contribution in [0.4, 0.5) is 4.39 Å². The number of rotatable bonds is 4. The van der Waals surface area contributed by atoms with Crippen LogP contribution >= 0.6 is 0 Å². The van der Waals surface area contributed by atoms with Crippen LogP contribution in [0.2, 0.25) is 0 Å². The first-order valence-electron chi connectivity index (χ1n) is 7.72. The van der Waals surface area contributed by atoms with Crippen molar-refractivity contribution in [3.63, 3.8) is 0 Å². The number of nitrogens with zero attached hydrogens (tertiary/aromatic N) is 2. The highest BCUT2D eigenvalue weighted by atomic mass is 19.1. The maximum atomic E-state index is 13.1. The molecule has 3 rings (SSSR count). The zero-order valence-electron chi connectivity index (χ0n) is 13.1. The summed E-state index contributed by atoms with van der Waals surface area (Å²) in [7, 11) is 0. The first-order chi connectivity index (χ1) is 11.6. The number of halogens is 1. The number of ether oxygens (including phenoxy) is 1. The minimum Gasteiger partial charge on any atom is -0.484 e. The van der Waals surface area contributed by atoms with Gasteiger partial charge < -0.3 is 19.5 Å². The number of H-pyrrole nitrogens is 1. The number of benzene rings is 1. The van der Waals surface area contributed by atoms with Crippen LogP contribution in [0.15, 0.2) is 42.6 Å². The van der Waals surface area contributed by atoms with Gasteiger partial charge in [0.2, 0.25) is 0 Å². The highest BCUT2D eigenvalue weighted by Gasteiger charge is 2.25. The Morgan fingerprint density at radius 1 is 1.08 bits per heavy atom. The number of nitrogens with one attached hydrogen (secondary N) is 1. The van der Waals surface area contributed by atoms with Crippen molar-refractivity contribution in [2.45, 2.75) is 0 Å². The zero-order chi connectivity index (χ0) is 16.9. The molecule has 2 amide bonds. The van der Waals surface area contributed by atoms with Crippen molar-refractivity contribution >= 4 is 11.8 Å². The Balaban J connectivity index is 1.47. The van der Waals surface area contributed by atoms with E-state index in [4.69, 9.17) is 4.74 Å². The van der Waals surface area contributed by atoms with Gasteiger partial charge in [-0.15, -0.1) is 0 Å². The van der Waals surface area contributed by atoms with E-state index in [1.54, 1.807) is 34.2 Å². The molecule has 6 nitrogen and oxygen atoms in total. The van der Waals surface area contributed by atoms with E-state index in [1.807, 2.05) is 0 Å². The summed E-state index contributed by atoms with van der Waals surface area (Å²) in [5.74, 6) is -0.324. The molecule has 0 aliphatic carbocycles. The van der Waals surface area contributed by atoms with Crippen LogP contribution in [0.5, 0.6) is 5.75 Å². The molecule has 2 aromatic rings. The molecule has 0 atom stereocenters. The second kappa shape index (κ2) is 7.16. The molecular weight excluding hydrogens is 313 g/mol. The van der Waals surface area contributed by atoms with Crippen LogP contribution < -0.4 is 4.74 Å². The van der Waals surface area contributed by atoms with E-state index < -0.39 is 5.82 Å². The fraction of sp³-hybridized carbons (Fsp3) is 0.294. The van der Waals surface area contributed by atoms with Gasteiger partial charge in [-0.3, -0.25) is 9.59 Å². The highest BCUT2D eigenvalue weighted by Crippen LogP contribution is 2.13. The maximum absolute atomic E-state index is 13.1. The second-order valence-electron chi connectivity index (χ2n) is 5.50. The third kappa shape index (κ3) is 3.73. The van der Waals surface area contributed by atoms with Crippen LogP contribution in [0.3, 0.4) is 0 Å². The van der Waals surface area contributed by atoms with Gasteiger partial charge in [0.25, 0.3) is 11.8 Å². The summed E-state index contributed by atoms with van der Waals surface area (Å²) in [6, 6.07) is 9.18. The van der Waals surface area contributed by atoms with Gasteiger partial charge in [-0.05, 0) is 24.3 Å². The van der Waals surface area contributed by atoms with Crippen LogP contribution in [0, 0.1) is 5.82 Å². The van der Waals surface area contributed by atoms with Crippen molar-refractivity contribution in [3.8, 4) is 5.75 Å². The summed E-state index contributed by atoms with van der Waals surface area (Å²) < 4.78 is 18.4. The molecule has 0 saturated carbocycles. The number of hydrogen-bond acceptors (Lipinski definition) is 3. The SMILES string of the molecule is O=C(COc1cccc(F)c1)N1CCN(C(=O)c2ccc[nH]2)CC1. The van der Waals surface area contributed by atoms with E-state index in [0.717, 1.165) is 0 Å². The van der Waals surface area contributed by atoms with Crippen molar-refractivity contribution in [2.75, 3.05) is 32.8 Å². The highest BCUT2D eigenvalue weighted by molar-refractivity contribution is 5.92. The fourth-order valence-corrected chi connectivity index (χ4v) is 2.59. The molecule has 1 aromatic heterocycles. The quantitative estimate of drug-likeness (QED) is 0.924. The van der Waals surface area contributed by atoms with Gasteiger partial charge in [-0.25, -0.2) is 4.39 Å². The molecule has 0 unspecified atom stereocenters. The Bertz CT molecular complexity index is 710. The lowest BCUT2D eigenvalue weighted by Crippen LogP contribution is -2.51. The van der Waals surface area contributed by atoms with E-state index in [2.05, 4.69) is 4.98 Å². The Kier molecular flexibility index (Phi) is 4.79. The summed E-state index contributed by atoms with van der Waals surface area (Å²) in [5, 5.41) is 0. The van der Waals surface area contributed by atoms with Crippen LogP contribution in [-0.2, 0) is 4.79 Å². The molecule has 1 N–H and O–H groups in total. The summed E-state index contributed by atoms with van der Waals surface area (Å²) in [4.78, 5) is 30.6. The van der Waals surface area contributed by atoms with E-state index in [1.165, 1.54) is 18.2 Å². The van der Waals surface area contributed by atoms with Gasteiger partial charge in [0.15, 0.2) is 6.61 Å². The molecule has 24 heavy (non-hydrogen) atoms. The first kappa shape index (κ1) is 16.0. The van der Waals surface area contributed by atoms with Crippen molar-refractivity contribution in [3.05, 3.63) is 54.1 Å². The van der Waals surface area contributed by atoms with Gasteiger partial charge in [-0.2, -0.15) is 0 Å². The average Bonchev–Trinajstić information content (AvgIpc) is 3.14. The zero-order valence-corrected chi connectivity index (χ0v) is 13.1. The summed E-state index contributed by atoms with van der Waals surface area (Å²) in [6.45, 7) is 1.72. The Labute approximate surface area is 138 Å². The van der Waals surface area contributed by atoms with Crippen molar-refractivity contribution in [1.82, 2.24) is 14.8 Å². The molecule has 1 saturated heterocycles. The van der Waals surface area contributed by atoms with Crippen molar-refractivity contribution in [1.29, 1.82) is 0 Å². The van der Waals surface area contributed by atoms with Crippen LogP contribution in [0.1, 0.15) is 10.5 Å². The molecule has 0 bridgehead atoms. The summed E-state index contributed by atoms with van der Waals surface area (Å²) in [5.41, 5.74) is 0.546. The van der Waals surface area contributed by atoms with Gasteiger partial charge in [-0.1, -0.05) is 6.07 Å². The van der Waals surface area contributed by atoms with Crippen LogP contribution in [0.25, 0.3) is 0 Å². The van der Waals surface area contributed by atoms with Crippen LogP contribution in [-0.4, -0.2) is 59.4 Å². The molecule has 0 radical (unpaired) electrons. The number of amides is 2. The Morgan fingerprint density at radius 2 is 1.83 bits per heavy atom. The van der Waals surface area contributed by atoms with Gasteiger partial charge in [0.1, 0.15) is 17.3 Å². The molecular formula is C17H18FN3O3. The van der Waals surface area contributed by atoms with Crippen molar-refractivity contribution in [2.24, 2.45) is 0 Å². The van der Waals surface area contributed by atoms with E-state index in [9.17, 15) is 14.0 Å². The lowest BCUT2D eigenvalue weighted by molar-refractivity contribution is -0.134. The Hall–Kier alpha value is -2.83. The largest absolute Gasteiger partial charge is 0.484 e. The predicted octanol–water partition coefficient (Wildman–Crippen LogP) is 1.52. The van der Waals surface area contributed by atoms with Crippen molar-refractivity contribution < 1.29 is 18.7 Å². The monoisotopic (exact) mass is 331 g/mol. The van der Waals surface area contributed by atoms with E-state index >= 15 is 0 Å². The predicted molar refractivity (Wildman–Crippen MR) is 85.2 cm³/mol. The van der Waals surface area contributed by atoms with E-state index in [-0.39, 0.29) is 18.4 Å². The number of hydrogen-bond donors (Lipinski definition) is 1. The van der Waals surface area contributed by atoms with Gasteiger partial charge in [0.05, 0.1) is 0 Å². The molecule has 0 spiro atoms. The molecule has 1 aliphatic heterocycles. The minimum absolute atomic E-state index is 0.0666. The number of aromatic nitrogens is 1. The molecule has 126 valence electrons. The number of piperazine rings is 1. The molecule has 7 heteroatoms. The number of carbonyl (C=O) groups is 2. The van der Waals surface area contributed by atoms with E-state index in [0.29, 0.717) is 37.6 Å². The maximum Gasteiger partial charge on any atom is 0.270 e. The average molecular weight is 331 g/mol. The lowest BCUT2D eigenvalue weighted by atomic mass is 10.2. The van der Waals surface area contributed by atoms with Gasteiger partial charge in [0, 0.05) is 38.4 Å². The molecule has 1 fully saturated rings. The molecule has 1 aliphatic rings. The normalized spacial score (nSPS) is 14.5. The summed E-state index contributed by atoms with van der Waals surface area (Å²) >= 11 is 0. The second-order valence-corrected chi connectivity index (χ2v) is 5.50. The summed E-state index contributed by atoms with van der Waals surface area (Å²) in [6.07, 6.45) is 1.71. The molecule has 1 aromatic carbocycles. The first-order valence-corrected chi connectivity index (χ1v) is 7.72. The smallest absolute Gasteiger partial charge is 0.270 e. The lowest BCUT2D eigenvalue weighted by Gasteiger charge is -2.34. The Morgan fingerprint density at radius 3 is 2.50 bits per heavy atom.